The number of amides is 1. The maximum Gasteiger partial charge on any atom is 0.337 e. The monoisotopic (exact) mass is 391 g/mol. The summed E-state index contributed by atoms with van der Waals surface area (Å²) < 4.78 is 4.75. The van der Waals surface area contributed by atoms with Crippen LogP contribution in [0.4, 0.5) is 28.7 Å². The second kappa shape index (κ2) is 8.83. The summed E-state index contributed by atoms with van der Waals surface area (Å²) in [6, 6.07) is 16.0. The normalized spacial score (nSPS) is 10.2. The van der Waals surface area contributed by atoms with Gasteiger partial charge in [0.1, 0.15) is 17.5 Å². The zero-order valence-corrected chi connectivity index (χ0v) is 16.3. The number of benzene rings is 2. The van der Waals surface area contributed by atoms with E-state index in [-0.39, 0.29) is 5.91 Å². The number of hydrogen-bond donors (Lipinski definition) is 3. The Morgan fingerprint density at radius 2 is 1.45 bits per heavy atom. The molecule has 3 aromatic rings. The molecule has 0 saturated heterocycles. The summed E-state index contributed by atoms with van der Waals surface area (Å²) in [6.45, 7) is 3.25. The molecule has 0 aliphatic rings. The second-order valence-electron chi connectivity index (χ2n) is 6.27. The predicted octanol–water partition coefficient (Wildman–Crippen LogP) is 4.02. The Labute approximate surface area is 168 Å². The number of rotatable bonds is 6. The first-order valence-corrected chi connectivity index (χ1v) is 8.89. The maximum absolute atomic E-state index is 11.7. The van der Waals surface area contributed by atoms with Crippen LogP contribution >= 0.6 is 0 Å². The molecule has 0 fully saturated rings. The van der Waals surface area contributed by atoms with Crippen molar-refractivity contribution >= 4 is 40.6 Å². The topological polar surface area (TPSA) is 105 Å². The number of aryl methyl sites for hydroxylation is 1. The van der Waals surface area contributed by atoms with Gasteiger partial charge in [-0.3, -0.25) is 4.79 Å². The van der Waals surface area contributed by atoms with Gasteiger partial charge in [0.05, 0.1) is 12.7 Å². The third-order valence-corrected chi connectivity index (χ3v) is 3.85. The van der Waals surface area contributed by atoms with Crippen molar-refractivity contribution in [1.29, 1.82) is 0 Å². The molecule has 8 nitrogen and oxygen atoms in total. The standard InChI is InChI=1S/C21H21N5O3/c1-13-22-19(25-16-7-4-6-15(10-16)21(28)29-3)12-20(23-13)26-18-9-5-8-17(11-18)24-14(2)27/h4-12H,1-3H3,(H,24,27)(H2,22,23,25,26). The van der Waals surface area contributed by atoms with Crippen LogP contribution in [-0.2, 0) is 9.53 Å². The fourth-order valence-corrected chi connectivity index (χ4v) is 2.71. The van der Waals surface area contributed by atoms with E-state index in [9.17, 15) is 9.59 Å². The van der Waals surface area contributed by atoms with E-state index in [0.717, 1.165) is 5.69 Å². The molecule has 1 aromatic heterocycles. The van der Waals surface area contributed by atoms with Crippen LogP contribution < -0.4 is 16.0 Å². The fraction of sp³-hybridized carbons (Fsp3) is 0.143. The molecule has 0 bridgehead atoms. The van der Waals surface area contributed by atoms with Gasteiger partial charge in [-0.25, -0.2) is 14.8 Å². The number of ether oxygens (including phenoxy) is 1. The molecule has 0 atom stereocenters. The fourth-order valence-electron chi connectivity index (χ4n) is 2.71. The molecule has 0 aliphatic carbocycles. The van der Waals surface area contributed by atoms with Crippen LogP contribution in [0.3, 0.4) is 0 Å². The Morgan fingerprint density at radius 3 is 2.07 bits per heavy atom. The molecule has 1 heterocycles. The first kappa shape index (κ1) is 19.8. The van der Waals surface area contributed by atoms with E-state index < -0.39 is 5.97 Å². The van der Waals surface area contributed by atoms with Crippen molar-refractivity contribution in [3.05, 3.63) is 66.0 Å². The van der Waals surface area contributed by atoms with Gasteiger partial charge in [0.25, 0.3) is 0 Å². The molecule has 1 amide bonds. The quantitative estimate of drug-likeness (QED) is 0.545. The van der Waals surface area contributed by atoms with Gasteiger partial charge >= 0.3 is 5.97 Å². The van der Waals surface area contributed by atoms with Crippen molar-refractivity contribution in [2.75, 3.05) is 23.1 Å². The van der Waals surface area contributed by atoms with Gasteiger partial charge in [0, 0.05) is 30.1 Å². The summed E-state index contributed by atoms with van der Waals surface area (Å²) in [5, 5.41) is 9.12. The number of nitrogens with zero attached hydrogens (tertiary/aromatic N) is 2. The van der Waals surface area contributed by atoms with E-state index in [0.29, 0.717) is 34.4 Å². The van der Waals surface area contributed by atoms with Crippen LogP contribution in [0.25, 0.3) is 0 Å². The summed E-state index contributed by atoms with van der Waals surface area (Å²) in [4.78, 5) is 31.7. The van der Waals surface area contributed by atoms with Gasteiger partial charge < -0.3 is 20.7 Å². The van der Waals surface area contributed by atoms with Crippen molar-refractivity contribution in [3.8, 4) is 0 Å². The van der Waals surface area contributed by atoms with Crippen LogP contribution in [0.2, 0.25) is 0 Å². The van der Waals surface area contributed by atoms with E-state index in [1.165, 1.54) is 14.0 Å². The predicted molar refractivity (Wildman–Crippen MR) is 112 cm³/mol. The Balaban J connectivity index is 1.80. The lowest BCUT2D eigenvalue weighted by Gasteiger charge is -2.12. The molecular formula is C21H21N5O3. The number of carbonyl (C=O) groups excluding carboxylic acids is 2. The third kappa shape index (κ3) is 5.52. The second-order valence-corrected chi connectivity index (χ2v) is 6.27. The number of esters is 1. The average Bonchev–Trinajstić information content (AvgIpc) is 2.67. The van der Waals surface area contributed by atoms with E-state index in [1.807, 2.05) is 24.3 Å². The lowest BCUT2D eigenvalue weighted by molar-refractivity contribution is -0.114. The number of methoxy groups -OCH3 is 1. The molecule has 0 radical (unpaired) electrons. The Bertz CT molecular complexity index is 1050. The van der Waals surface area contributed by atoms with Crippen molar-refractivity contribution in [1.82, 2.24) is 9.97 Å². The smallest absolute Gasteiger partial charge is 0.337 e. The minimum absolute atomic E-state index is 0.138. The number of aromatic nitrogens is 2. The molecule has 0 saturated carbocycles. The highest BCUT2D eigenvalue weighted by molar-refractivity contribution is 5.91. The highest BCUT2D eigenvalue weighted by Gasteiger charge is 2.08. The molecule has 0 spiro atoms. The average molecular weight is 391 g/mol. The Hall–Kier alpha value is -3.94. The highest BCUT2D eigenvalue weighted by Crippen LogP contribution is 2.23. The molecule has 148 valence electrons. The van der Waals surface area contributed by atoms with Crippen molar-refractivity contribution in [2.24, 2.45) is 0 Å². The van der Waals surface area contributed by atoms with E-state index >= 15 is 0 Å². The minimum atomic E-state index is -0.408. The van der Waals surface area contributed by atoms with E-state index in [2.05, 4.69) is 25.9 Å². The summed E-state index contributed by atoms with van der Waals surface area (Å²) in [6.07, 6.45) is 0. The van der Waals surface area contributed by atoms with Crippen LogP contribution in [0.15, 0.2) is 54.6 Å². The number of carbonyl (C=O) groups is 2. The largest absolute Gasteiger partial charge is 0.465 e. The van der Waals surface area contributed by atoms with Gasteiger partial charge in [0.15, 0.2) is 0 Å². The zero-order chi connectivity index (χ0) is 20.8. The lowest BCUT2D eigenvalue weighted by Crippen LogP contribution is -2.06. The Morgan fingerprint density at radius 1 is 0.862 bits per heavy atom. The van der Waals surface area contributed by atoms with Crippen molar-refractivity contribution in [3.63, 3.8) is 0 Å². The van der Waals surface area contributed by atoms with Crippen LogP contribution in [-0.4, -0.2) is 29.0 Å². The summed E-state index contributed by atoms with van der Waals surface area (Å²) in [7, 11) is 1.34. The number of nitrogens with one attached hydrogen (secondary N) is 3. The first-order chi connectivity index (χ1) is 13.9. The van der Waals surface area contributed by atoms with Crippen molar-refractivity contribution < 1.29 is 14.3 Å². The first-order valence-electron chi connectivity index (χ1n) is 8.89. The molecule has 0 aliphatic heterocycles. The molecule has 2 aromatic carbocycles. The van der Waals surface area contributed by atoms with Gasteiger partial charge in [-0.15, -0.1) is 0 Å². The van der Waals surface area contributed by atoms with Crippen molar-refractivity contribution in [2.45, 2.75) is 13.8 Å². The van der Waals surface area contributed by atoms with Gasteiger partial charge in [-0.05, 0) is 43.3 Å². The van der Waals surface area contributed by atoms with E-state index in [4.69, 9.17) is 4.74 Å². The third-order valence-electron chi connectivity index (χ3n) is 3.85. The molecule has 0 unspecified atom stereocenters. The highest BCUT2D eigenvalue weighted by atomic mass is 16.5. The Kier molecular flexibility index (Phi) is 6.03. The number of anilines is 5. The SMILES string of the molecule is COC(=O)c1cccc(Nc2cc(Nc3cccc(NC(C)=O)c3)nc(C)n2)c1. The summed E-state index contributed by atoms with van der Waals surface area (Å²) in [5.41, 5.74) is 2.60. The van der Waals surface area contributed by atoms with Crippen LogP contribution in [0.1, 0.15) is 23.1 Å². The lowest BCUT2D eigenvalue weighted by atomic mass is 10.2. The molecule has 3 rings (SSSR count). The number of hydrogen-bond acceptors (Lipinski definition) is 7. The summed E-state index contributed by atoms with van der Waals surface area (Å²) >= 11 is 0. The minimum Gasteiger partial charge on any atom is -0.465 e. The molecule has 3 N–H and O–H groups in total. The van der Waals surface area contributed by atoms with Gasteiger partial charge in [-0.1, -0.05) is 12.1 Å². The maximum atomic E-state index is 11.7. The molecular weight excluding hydrogens is 370 g/mol. The zero-order valence-electron chi connectivity index (χ0n) is 16.3. The van der Waals surface area contributed by atoms with E-state index in [1.54, 1.807) is 37.3 Å². The molecule has 29 heavy (non-hydrogen) atoms. The van der Waals surface area contributed by atoms with Crippen LogP contribution in [0.5, 0.6) is 0 Å². The van der Waals surface area contributed by atoms with Crippen LogP contribution in [0, 0.1) is 6.92 Å². The molecule has 8 heteroatoms. The summed E-state index contributed by atoms with van der Waals surface area (Å²) in [5.74, 6) is 1.18. The van der Waals surface area contributed by atoms with Gasteiger partial charge in [-0.2, -0.15) is 0 Å². The van der Waals surface area contributed by atoms with Gasteiger partial charge in [0.2, 0.25) is 5.91 Å².